The molecule has 1 amide bonds. The molecule has 4 rings (SSSR count). The van der Waals surface area contributed by atoms with Gasteiger partial charge in [-0.25, -0.2) is 9.18 Å². The molecule has 1 N–H and O–H groups in total. The molecule has 0 saturated heterocycles. The fourth-order valence-corrected chi connectivity index (χ4v) is 3.70. The van der Waals surface area contributed by atoms with Gasteiger partial charge in [-0.05, 0) is 47.7 Å². The van der Waals surface area contributed by atoms with E-state index >= 15 is 0 Å². The number of aromatic nitrogens is 1. The minimum atomic E-state index is -0.444. The molecule has 0 radical (unpaired) electrons. The first-order valence-electron chi connectivity index (χ1n) is 9.72. The number of anilines is 1. The quantitative estimate of drug-likeness (QED) is 0.395. The van der Waals surface area contributed by atoms with Crippen molar-refractivity contribution in [3.63, 3.8) is 0 Å². The van der Waals surface area contributed by atoms with Crippen molar-refractivity contribution in [2.45, 2.75) is 26.7 Å². The number of benzene rings is 3. The third kappa shape index (κ3) is 3.54. The molecule has 3 aromatic carbocycles. The summed E-state index contributed by atoms with van der Waals surface area (Å²) < 4.78 is 15.8. The number of aryl methyl sites for hydroxylation is 1. The lowest BCUT2D eigenvalue weighted by Gasteiger charge is -2.12. The second kappa shape index (κ2) is 7.55. The number of carbonyl (C=O) groups is 1. The summed E-state index contributed by atoms with van der Waals surface area (Å²) in [5.41, 5.74) is 5.07. The number of nitrogens with zero attached hydrogens (tertiary/aromatic N) is 1. The molecule has 0 fully saturated rings. The van der Waals surface area contributed by atoms with Crippen LogP contribution in [0.4, 0.5) is 14.9 Å². The molecule has 0 unspecified atom stereocenters. The van der Waals surface area contributed by atoms with Crippen LogP contribution in [0.25, 0.3) is 22.0 Å². The van der Waals surface area contributed by atoms with Gasteiger partial charge < -0.3 is 5.32 Å². The third-order valence-corrected chi connectivity index (χ3v) is 5.17. The van der Waals surface area contributed by atoms with Crippen molar-refractivity contribution in [2.75, 3.05) is 5.32 Å². The van der Waals surface area contributed by atoms with E-state index in [2.05, 4.69) is 31.3 Å². The number of hydrogen-bond acceptors (Lipinski definition) is 1. The molecule has 0 bridgehead atoms. The normalized spacial score (nSPS) is 11.2. The molecule has 4 heteroatoms. The highest BCUT2D eigenvalue weighted by atomic mass is 19.1. The standard InChI is InChI=1S/C25H23FN2O.H2/c1-16(2)18-8-4-5-9-19(18)21-15-28(24-11-7-6-10-20(21)24)25(29)27-23-13-12-17(3)14-22(23)26;/h4-16H,1-3H3,(H,27,29);1H. The second-order valence-corrected chi connectivity index (χ2v) is 7.59. The van der Waals surface area contributed by atoms with Gasteiger partial charge in [0.25, 0.3) is 0 Å². The van der Waals surface area contributed by atoms with E-state index in [1.54, 1.807) is 16.7 Å². The molecule has 29 heavy (non-hydrogen) atoms. The van der Waals surface area contributed by atoms with Gasteiger partial charge in [-0.1, -0.05) is 62.4 Å². The highest BCUT2D eigenvalue weighted by Crippen LogP contribution is 2.35. The van der Waals surface area contributed by atoms with Crippen LogP contribution in [0, 0.1) is 12.7 Å². The van der Waals surface area contributed by atoms with Crippen LogP contribution in [-0.2, 0) is 0 Å². The fraction of sp³-hybridized carbons (Fsp3) is 0.160. The average Bonchev–Trinajstić information content (AvgIpc) is 3.10. The van der Waals surface area contributed by atoms with Gasteiger partial charge >= 0.3 is 6.03 Å². The van der Waals surface area contributed by atoms with Crippen molar-refractivity contribution in [1.82, 2.24) is 4.57 Å². The molecule has 0 aliphatic heterocycles. The number of para-hydroxylation sites is 1. The van der Waals surface area contributed by atoms with Gasteiger partial charge in [0.1, 0.15) is 5.82 Å². The molecule has 3 nitrogen and oxygen atoms in total. The Morgan fingerprint density at radius 2 is 1.72 bits per heavy atom. The number of halogens is 1. The van der Waals surface area contributed by atoms with E-state index < -0.39 is 11.8 Å². The second-order valence-electron chi connectivity index (χ2n) is 7.59. The van der Waals surface area contributed by atoms with E-state index in [4.69, 9.17) is 0 Å². The first-order chi connectivity index (χ1) is 14.0. The zero-order valence-corrected chi connectivity index (χ0v) is 16.7. The molecule has 148 valence electrons. The summed E-state index contributed by atoms with van der Waals surface area (Å²) in [6.07, 6.45) is 1.84. The summed E-state index contributed by atoms with van der Waals surface area (Å²) in [4.78, 5) is 13.0. The van der Waals surface area contributed by atoms with Crippen LogP contribution in [0.3, 0.4) is 0 Å². The van der Waals surface area contributed by atoms with Crippen LogP contribution < -0.4 is 5.32 Å². The summed E-state index contributed by atoms with van der Waals surface area (Å²) in [7, 11) is 0. The van der Waals surface area contributed by atoms with E-state index in [0.29, 0.717) is 5.92 Å². The fourth-order valence-electron chi connectivity index (χ4n) is 3.70. The monoisotopic (exact) mass is 388 g/mol. The van der Waals surface area contributed by atoms with E-state index in [9.17, 15) is 9.18 Å². The van der Waals surface area contributed by atoms with Crippen LogP contribution in [0.15, 0.2) is 72.9 Å². The number of nitrogens with one attached hydrogen (secondary N) is 1. The molecule has 1 heterocycles. The summed E-state index contributed by atoms with van der Waals surface area (Å²) in [6, 6.07) is 20.4. The highest BCUT2D eigenvalue weighted by molar-refractivity contribution is 6.05. The molecular formula is C25H25FN2O. The van der Waals surface area contributed by atoms with Gasteiger partial charge in [-0.2, -0.15) is 0 Å². The molecule has 0 atom stereocenters. The van der Waals surface area contributed by atoms with Crippen molar-refractivity contribution in [3.05, 3.63) is 89.9 Å². The smallest absolute Gasteiger partial charge is 0.304 e. The number of amides is 1. The SMILES string of the molecule is Cc1ccc(NC(=O)n2cc(-c3ccccc3C(C)C)c3ccccc32)c(F)c1.[HH]. The molecule has 4 aromatic rings. The largest absolute Gasteiger partial charge is 0.330 e. The number of hydrogen-bond donors (Lipinski definition) is 1. The minimum absolute atomic E-state index is 0. The Labute approximate surface area is 171 Å². The molecule has 0 aliphatic rings. The van der Waals surface area contributed by atoms with Crippen LogP contribution in [0.5, 0.6) is 0 Å². The lowest BCUT2D eigenvalue weighted by Crippen LogP contribution is -2.19. The van der Waals surface area contributed by atoms with Crippen molar-refractivity contribution < 1.29 is 10.6 Å². The summed E-state index contributed by atoms with van der Waals surface area (Å²) in [5.74, 6) is -0.0935. The van der Waals surface area contributed by atoms with Crippen LogP contribution in [-0.4, -0.2) is 10.6 Å². The molecule has 0 saturated carbocycles. The predicted molar refractivity (Wildman–Crippen MR) is 119 cm³/mol. The summed E-state index contributed by atoms with van der Waals surface area (Å²) in [5, 5.41) is 3.68. The Bertz CT molecular complexity index is 1210. The first kappa shape index (κ1) is 18.9. The predicted octanol–water partition coefficient (Wildman–Crippen LogP) is 7.21. The maximum absolute atomic E-state index is 14.2. The van der Waals surface area contributed by atoms with Gasteiger partial charge in [-0.15, -0.1) is 0 Å². The van der Waals surface area contributed by atoms with E-state index in [-0.39, 0.29) is 7.11 Å². The molecular weight excluding hydrogens is 363 g/mol. The van der Waals surface area contributed by atoms with Gasteiger partial charge in [0.05, 0.1) is 11.2 Å². The Morgan fingerprint density at radius 1 is 1.00 bits per heavy atom. The Balaban J connectivity index is 0.00000256. The van der Waals surface area contributed by atoms with Gasteiger partial charge in [0.15, 0.2) is 0 Å². The number of fused-ring (bicyclic) bond motifs is 1. The topological polar surface area (TPSA) is 34.0 Å². The molecule has 1 aromatic heterocycles. The number of rotatable bonds is 3. The highest BCUT2D eigenvalue weighted by Gasteiger charge is 2.18. The Morgan fingerprint density at radius 3 is 2.48 bits per heavy atom. The minimum Gasteiger partial charge on any atom is -0.304 e. The average molecular weight is 388 g/mol. The zero-order chi connectivity index (χ0) is 20.5. The Hall–Kier alpha value is -3.40. The zero-order valence-electron chi connectivity index (χ0n) is 16.7. The third-order valence-electron chi connectivity index (χ3n) is 5.17. The van der Waals surface area contributed by atoms with Crippen molar-refractivity contribution in [3.8, 4) is 11.1 Å². The summed E-state index contributed by atoms with van der Waals surface area (Å²) in [6.45, 7) is 6.13. The molecule has 0 spiro atoms. The van der Waals surface area contributed by atoms with Crippen LogP contribution in [0.1, 0.15) is 32.3 Å². The van der Waals surface area contributed by atoms with E-state index in [1.165, 1.54) is 11.6 Å². The molecule has 0 aliphatic carbocycles. The van der Waals surface area contributed by atoms with Crippen molar-refractivity contribution in [2.24, 2.45) is 0 Å². The van der Waals surface area contributed by atoms with Crippen LogP contribution in [0.2, 0.25) is 0 Å². The lowest BCUT2D eigenvalue weighted by molar-refractivity contribution is 0.254. The first-order valence-corrected chi connectivity index (χ1v) is 9.72. The van der Waals surface area contributed by atoms with Crippen molar-refractivity contribution >= 4 is 22.6 Å². The van der Waals surface area contributed by atoms with Gasteiger partial charge in [-0.3, -0.25) is 4.57 Å². The lowest BCUT2D eigenvalue weighted by atomic mass is 9.92. The van der Waals surface area contributed by atoms with Crippen molar-refractivity contribution in [1.29, 1.82) is 0 Å². The van der Waals surface area contributed by atoms with Crippen LogP contribution >= 0.6 is 0 Å². The van der Waals surface area contributed by atoms with E-state index in [1.807, 2.05) is 49.5 Å². The summed E-state index contributed by atoms with van der Waals surface area (Å²) >= 11 is 0. The van der Waals surface area contributed by atoms with Gasteiger partial charge in [0.2, 0.25) is 0 Å². The maximum atomic E-state index is 14.2. The Kier molecular flexibility index (Phi) is 4.93. The maximum Gasteiger partial charge on any atom is 0.330 e. The van der Waals surface area contributed by atoms with Gasteiger partial charge in [0, 0.05) is 18.6 Å². The van der Waals surface area contributed by atoms with E-state index in [0.717, 1.165) is 27.6 Å². The number of carbonyl (C=O) groups excluding carboxylic acids is 1.